The number of nitrogens with one attached hydrogen (secondary N) is 1. The maximum atomic E-state index is 11.8. The normalized spacial score (nSPS) is 23.3. The lowest BCUT2D eigenvalue weighted by atomic mass is 9.89. The molecule has 1 heterocycles. The zero-order valence-electron chi connectivity index (χ0n) is 13.2. The zero-order chi connectivity index (χ0) is 17.4. The van der Waals surface area contributed by atoms with Crippen molar-refractivity contribution in [2.45, 2.75) is 55.1 Å². The summed E-state index contributed by atoms with van der Waals surface area (Å²) in [6.45, 7) is 0.620. The van der Waals surface area contributed by atoms with Crippen LogP contribution in [0, 0.1) is 10.1 Å². The Morgan fingerprint density at radius 2 is 2.04 bits per heavy atom. The molecule has 0 bridgehead atoms. The van der Waals surface area contributed by atoms with E-state index in [-0.39, 0.29) is 22.2 Å². The van der Waals surface area contributed by atoms with Gasteiger partial charge in [-0.3, -0.25) is 10.1 Å². The van der Waals surface area contributed by atoms with E-state index in [1.807, 2.05) is 0 Å². The maximum Gasteiger partial charge on any atom is 0.270 e. The first-order valence-corrected chi connectivity index (χ1v) is 9.55. The van der Waals surface area contributed by atoms with E-state index in [1.54, 1.807) is 0 Å². The molecule has 24 heavy (non-hydrogen) atoms. The highest BCUT2D eigenvalue weighted by molar-refractivity contribution is 7.89. The molecule has 0 aromatic heterocycles. The number of hydrogen-bond donors (Lipinski definition) is 2. The van der Waals surface area contributed by atoms with Crippen molar-refractivity contribution in [3.05, 3.63) is 28.3 Å². The monoisotopic (exact) mass is 355 g/mol. The minimum Gasteiger partial charge on any atom is -0.381 e. The maximum absolute atomic E-state index is 11.8. The van der Waals surface area contributed by atoms with Crippen molar-refractivity contribution in [3.8, 4) is 0 Å². The lowest BCUT2D eigenvalue weighted by Gasteiger charge is -2.39. The first-order valence-electron chi connectivity index (χ1n) is 8.01. The molecule has 0 amide bonds. The Kier molecular flexibility index (Phi) is 4.50. The summed E-state index contributed by atoms with van der Waals surface area (Å²) in [7, 11) is -4.07. The molecular weight excluding hydrogens is 334 g/mol. The largest absolute Gasteiger partial charge is 0.381 e. The fourth-order valence-corrected chi connectivity index (χ4v) is 4.44. The molecule has 2 aliphatic rings. The van der Waals surface area contributed by atoms with Crippen LogP contribution < -0.4 is 10.5 Å². The van der Waals surface area contributed by atoms with Gasteiger partial charge >= 0.3 is 0 Å². The number of anilines is 1. The van der Waals surface area contributed by atoms with Gasteiger partial charge in [0.1, 0.15) is 4.90 Å². The fourth-order valence-electron chi connectivity index (χ4n) is 3.72. The van der Waals surface area contributed by atoms with Crippen LogP contribution in [0.25, 0.3) is 0 Å². The molecule has 1 saturated carbocycles. The number of nitro groups is 1. The summed E-state index contributed by atoms with van der Waals surface area (Å²) in [5.41, 5.74) is -0.106. The van der Waals surface area contributed by atoms with E-state index < -0.39 is 14.9 Å². The molecule has 1 aliphatic carbocycles. The molecule has 1 aromatic carbocycles. The van der Waals surface area contributed by atoms with Crippen LogP contribution in [-0.2, 0) is 14.8 Å². The number of non-ortho nitro benzene ring substituents is 1. The molecule has 1 spiro atoms. The summed E-state index contributed by atoms with van der Waals surface area (Å²) in [5.74, 6) is 0. The van der Waals surface area contributed by atoms with Crippen molar-refractivity contribution in [3.63, 3.8) is 0 Å². The average molecular weight is 355 g/mol. The molecule has 132 valence electrons. The van der Waals surface area contributed by atoms with Crippen LogP contribution in [0.3, 0.4) is 0 Å². The SMILES string of the molecule is NS(=O)(=O)c1cc([N+](=O)[O-])ccc1NC1CCOC2(CCCC2)C1. The van der Waals surface area contributed by atoms with Gasteiger partial charge in [-0.05, 0) is 31.7 Å². The van der Waals surface area contributed by atoms with E-state index in [2.05, 4.69) is 5.32 Å². The van der Waals surface area contributed by atoms with Gasteiger partial charge < -0.3 is 10.1 Å². The number of sulfonamides is 1. The summed E-state index contributed by atoms with van der Waals surface area (Å²) in [6.07, 6.45) is 5.89. The highest BCUT2D eigenvalue weighted by atomic mass is 32.2. The number of rotatable bonds is 4. The molecule has 1 aromatic rings. The Balaban J connectivity index is 1.85. The number of nitro benzene ring substituents is 1. The minimum absolute atomic E-state index is 0.0545. The first-order chi connectivity index (χ1) is 11.3. The predicted molar refractivity (Wildman–Crippen MR) is 88.3 cm³/mol. The molecule has 1 unspecified atom stereocenters. The molecular formula is C15H21N3O5S. The Morgan fingerprint density at radius 1 is 1.33 bits per heavy atom. The second-order valence-electron chi connectivity index (χ2n) is 6.56. The highest BCUT2D eigenvalue weighted by Gasteiger charge is 2.40. The van der Waals surface area contributed by atoms with Gasteiger partial charge in [-0.15, -0.1) is 0 Å². The summed E-state index contributed by atoms with van der Waals surface area (Å²) in [6, 6.07) is 3.75. The van der Waals surface area contributed by atoms with Crippen LogP contribution in [0.5, 0.6) is 0 Å². The fraction of sp³-hybridized carbons (Fsp3) is 0.600. The van der Waals surface area contributed by atoms with E-state index in [9.17, 15) is 18.5 Å². The number of nitrogens with zero attached hydrogens (tertiary/aromatic N) is 1. The smallest absolute Gasteiger partial charge is 0.270 e. The van der Waals surface area contributed by atoms with Gasteiger partial charge in [0.15, 0.2) is 0 Å². The average Bonchev–Trinajstić information content (AvgIpc) is 2.94. The number of benzene rings is 1. The Bertz CT molecular complexity index is 743. The quantitative estimate of drug-likeness (QED) is 0.630. The van der Waals surface area contributed by atoms with Gasteiger partial charge in [0.05, 0.1) is 16.2 Å². The van der Waals surface area contributed by atoms with E-state index in [0.717, 1.165) is 44.6 Å². The second-order valence-corrected chi connectivity index (χ2v) is 8.09. The Hall–Kier alpha value is -1.71. The van der Waals surface area contributed by atoms with Gasteiger partial charge in [-0.1, -0.05) is 12.8 Å². The third-order valence-corrected chi connectivity index (χ3v) is 5.80. The van der Waals surface area contributed by atoms with Crippen LogP contribution in [-0.4, -0.2) is 31.6 Å². The highest BCUT2D eigenvalue weighted by Crippen LogP contribution is 2.41. The summed E-state index contributed by atoms with van der Waals surface area (Å²) >= 11 is 0. The molecule has 8 nitrogen and oxygen atoms in total. The lowest BCUT2D eigenvalue weighted by molar-refractivity contribution is -0.385. The molecule has 1 saturated heterocycles. The Labute approximate surface area is 140 Å². The standard InChI is InChI=1S/C15H21N3O5S/c16-24(21,22)14-9-12(18(19)20)3-4-13(14)17-11-5-8-23-15(10-11)6-1-2-7-15/h3-4,9,11,17H,1-2,5-8,10H2,(H2,16,21,22). The molecule has 1 aliphatic heterocycles. The Morgan fingerprint density at radius 3 is 2.67 bits per heavy atom. The molecule has 1 atom stereocenters. The summed E-state index contributed by atoms with van der Waals surface area (Å²) < 4.78 is 29.6. The van der Waals surface area contributed by atoms with Gasteiger partial charge in [0.2, 0.25) is 10.0 Å². The van der Waals surface area contributed by atoms with Gasteiger partial charge in [0.25, 0.3) is 5.69 Å². The van der Waals surface area contributed by atoms with Gasteiger partial charge in [0, 0.05) is 24.8 Å². The molecule has 3 N–H and O–H groups in total. The van der Waals surface area contributed by atoms with Crippen molar-refractivity contribution in [1.82, 2.24) is 0 Å². The topological polar surface area (TPSA) is 125 Å². The van der Waals surface area contributed by atoms with Crippen LogP contribution in [0.15, 0.2) is 23.1 Å². The summed E-state index contributed by atoms with van der Waals surface area (Å²) in [5, 5.41) is 19.3. The number of ether oxygens (including phenoxy) is 1. The van der Waals surface area contributed by atoms with E-state index in [4.69, 9.17) is 9.88 Å². The molecule has 0 radical (unpaired) electrons. The van der Waals surface area contributed by atoms with E-state index in [0.29, 0.717) is 12.3 Å². The first kappa shape index (κ1) is 17.1. The van der Waals surface area contributed by atoms with Crippen molar-refractivity contribution < 1.29 is 18.1 Å². The van der Waals surface area contributed by atoms with Crippen LogP contribution in [0.4, 0.5) is 11.4 Å². The van der Waals surface area contributed by atoms with E-state index in [1.165, 1.54) is 12.1 Å². The van der Waals surface area contributed by atoms with Crippen molar-refractivity contribution in [2.75, 3.05) is 11.9 Å². The number of hydrogen-bond acceptors (Lipinski definition) is 6. The van der Waals surface area contributed by atoms with Crippen molar-refractivity contribution >= 4 is 21.4 Å². The van der Waals surface area contributed by atoms with Crippen molar-refractivity contribution in [2.24, 2.45) is 5.14 Å². The summed E-state index contributed by atoms with van der Waals surface area (Å²) in [4.78, 5) is 10.00. The van der Waals surface area contributed by atoms with Gasteiger partial charge in [-0.25, -0.2) is 13.6 Å². The number of nitrogens with two attached hydrogens (primary N) is 1. The zero-order valence-corrected chi connectivity index (χ0v) is 14.0. The third-order valence-electron chi connectivity index (χ3n) is 4.85. The van der Waals surface area contributed by atoms with Crippen molar-refractivity contribution in [1.29, 1.82) is 0 Å². The minimum atomic E-state index is -4.07. The van der Waals surface area contributed by atoms with Crippen LogP contribution >= 0.6 is 0 Å². The molecule has 3 rings (SSSR count). The number of primary sulfonamides is 1. The van der Waals surface area contributed by atoms with E-state index >= 15 is 0 Å². The second kappa shape index (κ2) is 6.30. The van der Waals surface area contributed by atoms with Crippen LogP contribution in [0.2, 0.25) is 0 Å². The molecule has 2 fully saturated rings. The third kappa shape index (κ3) is 3.52. The van der Waals surface area contributed by atoms with Crippen LogP contribution in [0.1, 0.15) is 38.5 Å². The predicted octanol–water partition coefficient (Wildman–Crippen LogP) is 2.15. The molecule has 9 heteroatoms. The van der Waals surface area contributed by atoms with Gasteiger partial charge in [-0.2, -0.15) is 0 Å². The lowest BCUT2D eigenvalue weighted by Crippen LogP contribution is -2.42.